The van der Waals surface area contributed by atoms with E-state index in [0.717, 1.165) is 24.5 Å². The number of halogens is 1. The quantitative estimate of drug-likeness (QED) is 0.916. The van der Waals surface area contributed by atoms with Crippen molar-refractivity contribution in [3.63, 3.8) is 0 Å². The number of amides is 1. The molecule has 1 atom stereocenters. The zero-order chi connectivity index (χ0) is 17.1. The number of nitrogens with zero attached hydrogens (tertiary/aromatic N) is 3. The van der Waals surface area contributed by atoms with E-state index >= 15 is 0 Å². The van der Waals surface area contributed by atoms with Crippen LogP contribution in [-0.4, -0.2) is 29.0 Å². The van der Waals surface area contributed by atoms with E-state index in [9.17, 15) is 4.79 Å². The molecule has 1 fully saturated rings. The van der Waals surface area contributed by atoms with Gasteiger partial charge in [-0.2, -0.15) is 0 Å². The number of benzene rings is 1. The first-order chi connectivity index (χ1) is 11.5. The molecule has 1 aliphatic heterocycles. The smallest absolute Gasteiger partial charge is 0.275 e. The number of rotatable bonds is 3. The highest BCUT2D eigenvalue weighted by Gasteiger charge is 2.18. The third-order valence-electron chi connectivity index (χ3n) is 4.28. The molecule has 126 valence electrons. The van der Waals surface area contributed by atoms with Crippen LogP contribution >= 0.6 is 11.6 Å². The molecule has 1 unspecified atom stereocenters. The van der Waals surface area contributed by atoms with Crippen molar-refractivity contribution in [2.24, 2.45) is 5.92 Å². The van der Waals surface area contributed by atoms with E-state index < -0.39 is 0 Å². The second-order valence-corrected chi connectivity index (χ2v) is 6.78. The van der Waals surface area contributed by atoms with E-state index in [1.165, 1.54) is 19.0 Å². The number of nitrogens with one attached hydrogen (secondary N) is 1. The molecule has 1 aromatic carbocycles. The van der Waals surface area contributed by atoms with Crippen LogP contribution in [0.15, 0.2) is 30.6 Å². The van der Waals surface area contributed by atoms with Gasteiger partial charge in [0.15, 0.2) is 0 Å². The first-order valence-electron chi connectivity index (χ1n) is 8.17. The molecule has 3 rings (SSSR count). The molecule has 24 heavy (non-hydrogen) atoms. The number of hydrogen-bond donors (Lipinski definition) is 1. The second kappa shape index (κ2) is 7.18. The van der Waals surface area contributed by atoms with Gasteiger partial charge in [-0.05, 0) is 43.4 Å². The maximum atomic E-state index is 12.3. The molecule has 1 amide bonds. The van der Waals surface area contributed by atoms with Gasteiger partial charge in [-0.15, -0.1) is 0 Å². The zero-order valence-electron chi connectivity index (χ0n) is 13.9. The number of carbonyl (C=O) groups is 1. The lowest BCUT2D eigenvalue weighted by Gasteiger charge is -2.31. The molecule has 0 radical (unpaired) electrons. The van der Waals surface area contributed by atoms with Gasteiger partial charge in [0.2, 0.25) is 0 Å². The Balaban J connectivity index is 1.68. The lowest BCUT2D eigenvalue weighted by molar-refractivity contribution is 0.102. The van der Waals surface area contributed by atoms with Crippen molar-refractivity contribution in [1.29, 1.82) is 0 Å². The fourth-order valence-electron chi connectivity index (χ4n) is 2.87. The molecule has 0 bridgehead atoms. The summed E-state index contributed by atoms with van der Waals surface area (Å²) in [6.45, 7) is 6.14. The average molecular weight is 345 g/mol. The molecule has 1 N–H and O–H groups in total. The summed E-state index contributed by atoms with van der Waals surface area (Å²) >= 11 is 6.08. The molecule has 1 saturated heterocycles. The van der Waals surface area contributed by atoms with Crippen LogP contribution in [0.4, 0.5) is 11.5 Å². The Morgan fingerprint density at radius 1 is 1.33 bits per heavy atom. The summed E-state index contributed by atoms with van der Waals surface area (Å²) in [5, 5.41) is 3.41. The Hall–Kier alpha value is -2.14. The van der Waals surface area contributed by atoms with Crippen LogP contribution in [0.3, 0.4) is 0 Å². The van der Waals surface area contributed by atoms with Gasteiger partial charge in [0.25, 0.3) is 5.91 Å². The van der Waals surface area contributed by atoms with E-state index in [4.69, 9.17) is 11.6 Å². The van der Waals surface area contributed by atoms with Crippen molar-refractivity contribution < 1.29 is 4.79 Å². The molecule has 5 nitrogen and oxygen atoms in total. The normalized spacial score (nSPS) is 17.6. The van der Waals surface area contributed by atoms with Crippen LogP contribution < -0.4 is 10.2 Å². The topological polar surface area (TPSA) is 58.1 Å². The predicted molar refractivity (Wildman–Crippen MR) is 96.8 cm³/mol. The third kappa shape index (κ3) is 3.85. The maximum absolute atomic E-state index is 12.3. The van der Waals surface area contributed by atoms with E-state index in [2.05, 4.69) is 27.1 Å². The molecular formula is C18H21ClN4O. The number of piperidine rings is 1. The number of aryl methyl sites for hydroxylation is 1. The fraction of sp³-hybridized carbons (Fsp3) is 0.389. The van der Waals surface area contributed by atoms with Gasteiger partial charge >= 0.3 is 0 Å². The monoisotopic (exact) mass is 344 g/mol. The molecule has 0 aliphatic carbocycles. The number of aromatic nitrogens is 2. The van der Waals surface area contributed by atoms with E-state index in [1.54, 1.807) is 12.3 Å². The van der Waals surface area contributed by atoms with Gasteiger partial charge in [-0.1, -0.05) is 24.6 Å². The summed E-state index contributed by atoms with van der Waals surface area (Å²) < 4.78 is 0. The second-order valence-electron chi connectivity index (χ2n) is 6.37. The van der Waals surface area contributed by atoms with Crippen LogP contribution in [0, 0.1) is 12.8 Å². The molecule has 1 aromatic heterocycles. The molecule has 0 spiro atoms. The van der Waals surface area contributed by atoms with Crippen molar-refractivity contribution in [1.82, 2.24) is 9.97 Å². The summed E-state index contributed by atoms with van der Waals surface area (Å²) in [6, 6.07) is 5.41. The van der Waals surface area contributed by atoms with Gasteiger partial charge in [0, 0.05) is 23.8 Å². The number of hydrogen-bond acceptors (Lipinski definition) is 4. The van der Waals surface area contributed by atoms with Crippen LogP contribution in [0.2, 0.25) is 5.02 Å². The fourth-order valence-corrected chi connectivity index (χ4v) is 3.05. The predicted octanol–water partition coefficient (Wildman–Crippen LogP) is 3.93. The summed E-state index contributed by atoms with van der Waals surface area (Å²) in [6.07, 6.45) is 5.62. The number of carbonyl (C=O) groups excluding carboxylic acids is 1. The lowest BCUT2D eigenvalue weighted by Crippen LogP contribution is -2.35. The van der Waals surface area contributed by atoms with Crippen LogP contribution in [0.5, 0.6) is 0 Å². The Kier molecular flexibility index (Phi) is 5.00. The lowest BCUT2D eigenvalue weighted by atomic mass is 10.0. The van der Waals surface area contributed by atoms with Crippen molar-refractivity contribution >= 4 is 29.0 Å². The van der Waals surface area contributed by atoms with E-state index in [0.29, 0.717) is 22.3 Å². The molecule has 1 aliphatic rings. The first kappa shape index (κ1) is 16.7. The highest BCUT2D eigenvalue weighted by atomic mass is 35.5. The van der Waals surface area contributed by atoms with Crippen molar-refractivity contribution in [3.05, 3.63) is 46.9 Å². The van der Waals surface area contributed by atoms with Gasteiger partial charge in [-0.3, -0.25) is 4.79 Å². The minimum atomic E-state index is -0.291. The summed E-state index contributed by atoms with van der Waals surface area (Å²) in [5.41, 5.74) is 1.90. The summed E-state index contributed by atoms with van der Waals surface area (Å²) in [4.78, 5) is 23.2. The Morgan fingerprint density at radius 3 is 2.83 bits per heavy atom. The minimum Gasteiger partial charge on any atom is -0.355 e. The minimum absolute atomic E-state index is 0.291. The molecule has 0 saturated carbocycles. The highest BCUT2D eigenvalue weighted by Crippen LogP contribution is 2.22. The van der Waals surface area contributed by atoms with Gasteiger partial charge < -0.3 is 10.2 Å². The summed E-state index contributed by atoms with van der Waals surface area (Å²) in [5.74, 6) is 1.20. The molecular weight excluding hydrogens is 324 g/mol. The number of anilines is 2. The Bertz CT molecular complexity index is 732. The molecule has 2 heterocycles. The van der Waals surface area contributed by atoms with Gasteiger partial charge in [0.05, 0.1) is 12.4 Å². The van der Waals surface area contributed by atoms with Crippen molar-refractivity contribution in [2.45, 2.75) is 26.7 Å². The standard InChI is InChI=1S/C18H21ClN4O/c1-12-4-3-7-23(11-12)17-10-20-16(9-21-17)18(24)22-14-6-5-13(2)15(19)8-14/h5-6,8-10,12H,3-4,7,11H2,1-2H3,(H,22,24). The SMILES string of the molecule is Cc1ccc(NC(=O)c2cnc(N3CCCC(C)C3)cn2)cc1Cl. The maximum Gasteiger partial charge on any atom is 0.275 e. The summed E-state index contributed by atoms with van der Waals surface area (Å²) in [7, 11) is 0. The first-order valence-corrected chi connectivity index (χ1v) is 8.55. The average Bonchev–Trinajstić information content (AvgIpc) is 2.58. The molecule has 6 heteroatoms. The highest BCUT2D eigenvalue weighted by molar-refractivity contribution is 6.31. The Morgan fingerprint density at radius 2 is 2.17 bits per heavy atom. The van der Waals surface area contributed by atoms with Crippen molar-refractivity contribution in [3.8, 4) is 0 Å². The van der Waals surface area contributed by atoms with Crippen LogP contribution in [0.1, 0.15) is 35.8 Å². The molecule has 2 aromatic rings. The van der Waals surface area contributed by atoms with Crippen LogP contribution in [-0.2, 0) is 0 Å². The van der Waals surface area contributed by atoms with Gasteiger partial charge in [0.1, 0.15) is 11.5 Å². The largest absolute Gasteiger partial charge is 0.355 e. The van der Waals surface area contributed by atoms with E-state index in [1.807, 2.05) is 19.1 Å². The Labute approximate surface area is 147 Å². The zero-order valence-corrected chi connectivity index (χ0v) is 14.7. The van der Waals surface area contributed by atoms with Crippen LogP contribution in [0.25, 0.3) is 0 Å². The van der Waals surface area contributed by atoms with Crippen molar-refractivity contribution in [2.75, 3.05) is 23.3 Å². The third-order valence-corrected chi connectivity index (χ3v) is 4.69. The van der Waals surface area contributed by atoms with E-state index in [-0.39, 0.29) is 5.91 Å². The van der Waals surface area contributed by atoms with Gasteiger partial charge in [-0.25, -0.2) is 9.97 Å².